The second-order valence-electron chi connectivity index (χ2n) is 5.93. The van der Waals surface area contributed by atoms with Crippen molar-refractivity contribution in [3.05, 3.63) is 0 Å². The minimum atomic E-state index is 0.305. The van der Waals surface area contributed by atoms with Crippen LogP contribution < -0.4 is 0 Å². The van der Waals surface area contributed by atoms with Crippen molar-refractivity contribution in [2.24, 2.45) is 5.92 Å². The van der Waals surface area contributed by atoms with E-state index >= 15 is 0 Å². The maximum Gasteiger partial charge on any atom is 0.0122 e. The fourth-order valence-corrected chi connectivity index (χ4v) is 1.67. The highest BCUT2D eigenvalue weighted by Crippen LogP contribution is 2.29. The zero-order chi connectivity index (χ0) is 11.5. The van der Waals surface area contributed by atoms with Crippen molar-refractivity contribution >= 4 is 0 Å². The molecule has 0 radical (unpaired) electrons. The van der Waals surface area contributed by atoms with E-state index in [4.69, 9.17) is 0 Å². The van der Waals surface area contributed by atoms with E-state index in [2.05, 4.69) is 44.5 Å². The smallest absolute Gasteiger partial charge is 0.0122 e. The number of hydrogen-bond acceptors (Lipinski definition) is 2. The van der Waals surface area contributed by atoms with Crippen molar-refractivity contribution in [2.75, 3.05) is 33.2 Å². The number of rotatable bonds is 6. The maximum atomic E-state index is 2.60. The van der Waals surface area contributed by atoms with Gasteiger partial charge in [0.05, 0.1) is 0 Å². The van der Waals surface area contributed by atoms with E-state index in [1.54, 1.807) is 0 Å². The van der Waals surface area contributed by atoms with Gasteiger partial charge in [0.2, 0.25) is 0 Å². The molecule has 0 spiro atoms. The average Bonchev–Trinajstić information content (AvgIpc) is 2.93. The van der Waals surface area contributed by atoms with Crippen LogP contribution in [-0.2, 0) is 0 Å². The van der Waals surface area contributed by atoms with Crippen molar-refractivity contribution in [1.29, 1.82) is 0 Å². The van der Waals surface area contributed by atoms with E-state index in [9.17, 15) is 0 Å². The predicted molar refractivity (Wildman–Crippen MR) is 67.2 cm³/mol. The molecule has 0 aliphatic heterocycles. The Labute approximate surface area is 95.6 Å². The molecule has 2 heteroatoms. The molecule has 1 aliphatic carbocycles. The van der Waals surface area contributed by atoms with E-state index in [0.29, 0.717) is 5.54 Å². The summed E-state index contributed by atoms with van der Waals surface area (Å²) in [4.78, 5) is 5.04. The molecule has 0 bridgehead atoms. The van der Waals surface area contributed by atoms with Gasteiger partial charge in [-0.2, -0.15) is 0 Å². The molecule has 1 aliphatic rings. The Morgan fingerprint density at radius 3 is 2.13 bits per heavy atom. The molecule has 0 aromatic carbocycles. The lowest BCUT2D eigenvalue weighted by atomic mass is 10.1. The number of nitrogens with zero attached hydrogens (tertiary/aromatic N) is 2. The van der Waals surface area contributed by atoms with Gasteiger partial charge in [-0.05, 0) is 53.1 Å². The van der Waals surface area contributed by atoms with Crippen LogP contribution in [-0.4, -0.2) is 48.6 Å². The summed E-state index contributed by atoms with van der Waals surface area (Å²) in [6, 6.07) is 0. The molecule has 0 saturated heterocycles. The number of likely N-dealkylation sites (N-methyl/N-ethyl adjacent to an activating group) is 2. The van der Waals surface area contributed by atoms with Gasteiger partial charge in [-0.15, -0.1) is 0 Å². The maximum absolute atomic E-state index is 2.60. The third kappa shape index (κ3) is 4.98. The van der Waals surface area contributed by atoms with Crippen LogP contribution in [0.3, 0.4) is 0 Å². The Morgan fingerprint density at radius 2 is 1.73 bits per heavy atom. The molecule has 0 N–H and O–H groups in total. The summed E-state index contributed by atoms with van der Waals surface area (Å²) >= 11 is 0. The normalized spacial score (nSPS) is 17.8. The van der Waals surface area contributed by atoms with Gasteiger partial charge in [0.15, 0.2) is 0 Å². The SMILES string of the molecule is CCN(CCN(C)C(C)(C)C)CC1CC1. The monoisotopic (exact) mass is 212 g/mol. The molecule has 2 nitrogen and oxygen atoms in total. The summed E-state index contributed by atoms with van der Waals surface area (Å²) in [6.45, 7) is 14.1. The highest BCUT2D eigenvalue weighted by atomic mass is 15.2. The molecule has 0 amide bonds. The Bertz CT molecular complexity index is 179. The quantitative estimate of drug-likeness (QED) is 0.667. The molecule has 0 heterocycles. The topological polar surface area (TPSA) is 6.48 Å². The lowest BCUT2D eigenvalue weighted by Crippen LogP contribution is -2.43. The van der Waals surface area contributed by atoms with Crippen LogP contribution >= 0.6 is 0 Å². The first-order chi connectivity index (χ1) is 6.93. The summed E-state index contributed by atoms with van der Waals surface area (Å²) in [6.07, 6.45) is 2.93. The van der Waals surface area contributed by atoms with Crippen molar-refractivity contribution in [3.63, 3.8) is 0 Å². The van der Waals surface area contributed by atoms with Gasteiger partial charge >= 0.3 is 0 Å². The fraction of sp³-hybridized carbons (Fsp3) is 1.00. The van der Waals surface area contributed by atoms with Crippen LogP contribution in [0.4, 0.5) is 0 Å². The molecule has 90 valence electrons. The molecule has 1 rings (SSSR count). The summed E-state index contributed by atoms with van der Waals surface area (Å²) in [5, 5.41) is 0. The second kappa shape index (κ2) is 5.31. The van der Waals surface area contributed by atoms with E-state index in [1.165, 1.54) is 39.0 Å². The third-order valence-electron chi connectivity index (χ3n) is 3.56. The highest BCUT2D eigenvalue weighted by molar-refractivity contribution is 4.78. The van der Waals surface area contributed by atoms with Gasteiger partial charge in [0.1, 0.15) is 0 Å². The zero-order valence-electron chi connectivity index (χ0n) is 11.2. The molecule has 0 atom stereocenters. The van der Waals surface area contributed by atoms with Gasteiger partial charge < -0.3 is 9.80 Å². The van der Waals surface area contributed by atoms with Crippen LogP contribution in [0.2, 0.25) is 0 Å². The van der Waals surface area contributed by atoms with Crippen LogP contribution in [0.5, 0.6) is 0 Å². The minimum Gasteiger partial charge on any atom is -0.302 e. The Hall–Kier alpha value is -0.0800. The standard InChI is InChI=1S/C13H28N2/c1-6-15(11-12-7-8-12)10-9-14(5)13(2,3)4/h12H,6-11H2,1-5H3. The number of hydrogen-bond donors (Lipinski definition) is 0. The third-order valence-corrected chi connectivity index (χ3v) is 3.56. The van der Waals surface area contributed by atoms with Crippen molar-refractivity contribution in [1.82, 2.24) is 9.80 Å². The lowest BCUT2D eigenvalue weighted by Gasteiger charge is -2.33. The van der Waals surface area contributed by atoms with Crippen LogP contribution in [0.15, 0.2) is 0 Å². The summed E-state index contributed by atoms with van der Waals surface area (Å²) in [5.74, 6) is 1.02. The fourth-order valence-electron chi connectivity index (χ4n) is 1.67. The highest BCUT2D eigenvalue weighted by Gasteiger charge is 2.24. The molecular weight excluding hydrogens is 184 g/mol. The summed E-state index contributed by atoms with van der Waals surface area (Å²) in [7, 11) is 2.23. The predicted octanol–water partition coefficient (Wildman–Crippen LogP) is 2.45. The van der Waals surface area contributed by atoms with Crippen molar-refractivity contribution in [2.45, 2.75) is 46.1 Å². The molecule has 0 aromatic rings. The molecule has 15 heavy (non-hydrogen) atoms. The molecule has 0 aromatic heterocycles. The van der Waals surface area contributed by atoms with Gasteiger partial charge in [-0.1, -0.05) is 6.92 Å². The summed E-state index contributed by atoms with van der Waals surface area (Å²) < 4.78 is 0. The Kier molecular flexibility index (Phi) is 4.60. The minimum absolute atomic E-state index is 0.305. The average molecular weight is 212 g/mol. The van der Waals surface area contributed by atoms with Crippen LogP contribution in [0, 0.1) is 5.92 Å². The first-order valence-electron chi connectivity index (χ1n) is 6.37. The van der Waals surface area contributed by atoms with E-state index in [-0.39, 0.29) is 0 Å². The van der Waals surface area contributed by atoms with Crippen molar-refractivity contribution in [3.8, 4) is 0 Å². The van der Waals surface area contributed by atoms with Crippen LogP contribution in [0.25, 0.3) is 0 Å². The zero-order valence-corrected chi connectivity index (χ0v) is 11.2. The van der Waals surface area contributed by atoms with Gasteiger partial charge in [-0.25, -0.2) is 0 Å². The first kappa shape index (κ1) is 13.0. The lowest BCUT2D eigenvalue weighted by molar-refractivity contribution is 0.146. The Morgan fingerprint density at radius 1 is 1.13 bits per heavy atom. The molecule has 0 unspecified atom stereocenters. The van der Waals surface area contributed by atoms with Gasteiger partial charge in [-0.3, -0.25) is 0 Å². The largest absolute Gasteiger partial charge is 0.302 e. The van der Waals surface area contributed by atoms with E-state index < -0.39 is 0 Å². The molecule has 1 saturated carbocycles. The second-order valence-corrected chi connectivity index (χ2v) is 5.93. The van der Waals surface area contributed by atoms with Crippen LogP contribution in [0.1, 0.15) is 40.5 Å². The van der Waals surface area contributed by atoms with E-state index in [0.717, 1.165) is 5.92 Å². The summed E-state index contributed by atoms with van der Waals surface area (Å²) in [5.41, 5.74) is 0.305. The van der Waals surface area contributed by atoms with Crippen molar-refractivity contribution < 1.29 is 0 Å². The Balaban J connectivity index is 2.20. The first-order valence-corrected chi connectivity index (χ1v) is 6.37. The molecular formula is C13H28N2. The molecule has 1 fully saturated rings. The van der Waals surface area contributed by atoms with E-state index in [1.807, 2.05) is 0 Å². The van der Waals surface area contributed by atoms with Gasteiger partial charge in [0.25, 0.3) is 0 Å². The van der Waals surface area contributed by atoms with Gasteiger partial charge in [0, 0.05) is 25.2 Å².